The van der Waals surface area contributed by atoms with Crippen LogP contribution in [0.1, 0.15) is 52.4 Å². The molecule has 0 bridgehead atoms. The lowest BCUT2D eigenvalue weighted by atomic mass is 9.76. The highest BCUT2D eigenvalue weighted by atomic mass is 19.1. The van der Waals surface area contributed by atoms with Crippen LogP contribution in [-0.4, -0.2) is 33.7 Å². The fourth-order valence-corrected chi connectivity index (χ4v) is 4.53. The number of nitrogens with zero attached hydrogens (tertiary/aromatic N) is 1. The van der Waals surface area contributed by atoms with Crippen molar-refractivity contribution < 1.29 is 19.0 Å². The number of fused-ring (bicyclic) bond motifs is 1. The van der Waals surface area contributed by atoms with E-state index in [1.807, 2.05) is 13.8 Å². The molecule has 4 rings (SSSR count). The second kappa shape index (κ2) is 7.90. The molecule has 1 aromatic heterocycles. The highest BCUT2D eigenvalue weighted by Crippen LogP contribution is 2.36. The fourth-order valence-electron chi connectivity index (χ4n) is 4.53. The maximum atomic E-state index is 13.9. The smallest absolute Gasteiger partial charge is 0.223 e. The Morgan fingerprint density at radius 2 is 1.93 bits per heavy atom. The van der Waals surface area contributed by atoms with Gasteiger partial charge in [0, 0.05) is 23.5 Å². The van der Waals surface area contributed by atoms with Crippen molar-refractivity contribution in [3.63, 3.8) is 0 Å². The van der Waals surface area contributed by atoms with Crippen molar-refractivity contribution in [2.45, 2.75) is 70.1 Å². The zero-order chi connectivity index (χ0) is 20.6. The highest BCUT2D eigenvalue weighted by molar-refractivity contribution is 5.85. The minimum Gasteiger partial charge on any atom is -0.488 e. The maximum Gasteiger partial charge on any atom is 0.223 e. The third-order valence-corrected chi connectivity index (χ3v) is 6.51. The minimum absolute atomic E-state index is 0.0355. The predicted molar refractivity (Wildman–Crippen MR) is 109 cm³/mol. The molecule has 0 spiro atoms. The van der Waals surface area contributed by atoms with Crippen molar-refractivity contribution in [1.29, 1.82) is 0 Å². The summed E-state index contributed by atoms with van der Waals surface area (Å²) >= 11 is 0. The van der Waals surface area contributed by atoms with E-state index in [2.05, 4.69) is 10.3 Å². The van der Waals surface area contributed by atoms with E-state index in [-0.39, 0.29) is 29.8 Å². The molecule has 0 saturated heterocycles. The molecule has 1 aromatic carbocycles. The van der Waals surface area contributed by atoms with Crippen molar-refractivity contribution >= 4 is 16.8 Å². The molecule has 1 amide bonds. The lowest BCUT2D eigenvalue weighted by Crippen LogP contribution is -2.48. The summed E-state index contributed by atoms with van der Waals surface area (Å²) in [6.07, 6.45) is 6.61. The number of carbonyl (C=O) groups is 1. The molecule has 0 unspecified atom stereocenters. The van der Waals surface area contributed by atoms with Crippen LogP contribution in [0.2, 0.25) is 0 Å². The van der Waals surface area contributed by atoms with E-state index in [0.29, 0.717) is 35.4 Å². The van der Waals surface area contributed by atoms with Gasteiger partial charge in [-0.2, -0.15) is 0 Å². The van der Waals surface area contributed by atoms with Crippen molar-refractivity contribution in [3.8, 4) is 5.75 Å². The van der Waals surface area contributed by atoms with E-state index in [0.717, 1.165) is 25.7 Å². The summed E-state index contributed by atoms with van der Waals surface area (Å²) < 4.78 is 19.9. The summed E-state index contributed by atoms with van der Waals surface area (Å²) in [5.74, 6) is 0.614. The molecule has 2 fully saturated rings. The van der Waals surface area contributed by atoms with Crippen LogP contribution in [0, 0.1) is 17.7 Å². The van der Waals surface area contributed by atoms with E-state index >= 15 is 0 Å². The first kappa shape index (κ1) is 20.1. The molecule has 2 N–H and O–H groups in total. The zero-order valence-electron chi connectivity index (χ0n) is 17.0. The Hall–Kier alpha value is -2.21. The average Bonchev–Trinajstić information content (AvgIpc) is 2.65. The van der Waals surface area contributed by atoms with Gasteiger partial charge >= 0.3 is 0 Å². The normalized spacial score (nSPS) is 27.3. The van der Waals surface area contributed by atoms with Gasteiger partial charge in [-0.3, -0.25) is 9.78 Å². The zero-order valence-corrected chi connectivity index (χ0v) is 17.0. The predicted octanol–water partition coefficient (Wildman–Crippen LogP) is 3.98. The van der Waals surface area contributed by atoms with E-state index in [1.54, 1.807) is 24.4 Å². The first-order valence-electron chi connectivity index (χ1n) is 10.5. The number of carbonyl (C=O) groups excluding carboxylic acids is 1. The Kier molecular flexibility index (Phi) is 5.47. The fraction of sp³-hybridized carbons (Fsp3) is 0.565. The van der Waals surface area contributed by atoms with Crippen molar-refractivity contribution in [2.24, 2.45) is 11.8 Å². The third kappa shape index (κ3) is 4.37. The van der Waals surface area contributed by atoms with Crippen LogP contribution in [0.15, 0.2) is 30.5 Å². The van der Waals surface area contributed by atoms with E-state index in [1.165, 1.54) is 6.07 Å². The number of rotatable bonds is 5. The Bertz CT molecular complexity index is 881. The number of aliphatic hydroxyl groups is 1. The average molecular weight is 400 g/mol. The molecule has 2 aromatic rings. The Labute approximate surface area is 170 Å². The number of hydrogen-bond donors (Lipinski definition) is 2. The summed E-state index contributed by atoms with van der Waals surface area (Å²) in [6.45, 7) is 3.73. The molecular weight excluding hydrogens is 371 g/mol. The molecule has 5 nitrogen and oxygen atoms in total. The summed E-state index contributed by atoms with van der Waals surface area (Å²) in [4.78, 5) is 16.8. The largest absolute Gasteiger partial charge is 0.488 e. The molecule has 0 atom stereocenters. The number of aromatic nitrogens is 1. The van der Waals surface area contributed by atoms with Gasteiger partial charge in [0.05, 0.1) is 5.60 Å². The lowest BCUT2D eigenvalue weighted by molar-refractivity contribution is -0.131. The van der Waals surface area contributed by atoms with Crippen molar-refractivity contribution in [2.75, 3.05) is 0 Å². The van der Waals surface area contributed by atoms with E-state index in [4.69, 9.17) is 4.74 Å². The van der Waals surface area contributed by atoms with Crippen LogP contribution in [0.25, 0.3) is 10.9 Å². The van der Waals surface area contributed by atoms with Gasteiger partial charge in [-0.25, -0.2) is 4.39 Å². The highest BCUT2D eigenvalue weighted by Gasteiger charge is 2.38. The second-order valence-corrected chi connectivity index (χ2v) is 9.06. The maximum absolute atomic E-state index is 13.9. The molecule has 156 valence electrons. The number of halogens is 1. The monoisotopic (exact) mass is 400 g/mol. The molecule has 2 aliphatic carbocycles. The molecule has 29 heavy (non-hydrogen) atoms. The Morgan fingerprint density at radius 3 is 2.62 bits per heavy atom. The SMILES string of the molecule is CC(C)(O)[C@H]1CC[C@H](NC(=O)[C@H]2C[C@H](Oc3ccc(F)c4cccnc34)C2)CC1. The first-order chi connectivity index (χ1) is 13.8. The number of amides is 1. The molecule has 2 saturated carbocycles. The number of benzene rings is 1. The van der Waals surface area contributed by atoms with Crippen LogP contribution < -0.4 is 10.1 Å². The molecular formula is C23H29FN2O3. The quantitative estimate of drug-likeness (QED) is 0.796. The van der Waals surface area contributed by atoms with Crippen LogP contribution in [-0.2, 0) is 4.79 Å². The standard InChI is InChI=1S/C23H29FN2O3/c1-23(2,28)15-5-7-16(8-6-15)26-22(27)14-12-17(13-14)29-20-10-9-19(24)18-4-3-11-25-21(18)20/h3-4,9-11,14-17,28H,5-8,12-13H2,1-2H3,(H,26,27)/t14-,15-,16-,17-. The minimum atomic E-state index is -0.646. The topological polar surface area (TPSA) is 71.5 Å². The molecule has 6 heteroatoms. The second-order valence-electron chi connectivity index (χ2n) is 9.06. The van der Waals surface area contributed by atoms with Gasteiger partial charge in [0.15, 0.2) is 0 Å². The van der Waals surface area contributed by atoms with Gasteiger partial charge in [0.1, 0.15) is 23.2 Å². The van der Waals surface area contributed by atoms with E-state index in [9.17, 15) is 14.3 Å². The van der Waals surface area contributed by atoms with Crippen molar-refractivity contribution in [1.82, 2.24) is 10.3 Å². The number of hydrogen-bond acceptors (Lipinski definition) is 4. The van der Waals surface area contributed by atoms with Crippen LogP contribution in [0.4, 0.5) is 4.39 Å². The number of pyridine rings is 1. The van der Waals surface area contributed by atoms with Gasteiger partial charge in [0.25, 0.3) is 0 Å². The van der Waals surface area contributed by atoms with Gasteiger partial charge in [-0.1, -0.05) is 0 Å². The first-order valence-corrected chi connectivity index (χ1v) is 10.5. The summed E-state index contributed by atoms with van der Waals surface area (Å²) in [6, 6.07) is 6.60. The van der Waals surface area contributed by atoms with Crippen LogP contribution in [0.3, 0.4) is 0 Å². The lowest BCUT2D eigenvalue weighted by Gasteiger charge is -2.38. The van der Waals surface area contributed by atoms with Crippen molar-refractivity contribution in [3.05, 3.63) is 36.3 Å². The molecule has 1 heterocycles. The molecule has 2 aliphatic rings. The van der Waals surface area contributed by atoms with Gasteiger partial charge in [-0.05, 0) is 82.6 Å². The van der Waals surface area contributed by atoms with E-state index < -0.39 is 5.60 Å². The van der Waals surface area contributed by atoms with Gasteiger partial charge in [0.2, 0.25) is 5.91 Å². The summed E-state index contributed by atoms with van der Waals surface area (Å²) in [7, 11) is 0. The van der Waals surface area contributed by atoms with Crippen LogP contribution in [0.5, 0.6) is 5.75 Å². The number of ether oxygens (including phenoxy) is 1. The molecule has 0 aliphatic heterocycles. The molecule has 0 radical (unpaired) electrons. The number of nitrogens with one attached hydrogen (secondary N) is 1. The Morgan fingerprint density at radius 1 is 1.21 bits per heavy atom. The summed E-state index contributed by atoms with van der Waals surface area (Å²) in [5.41, 5.74) is -0.128. The third-order valence-electron chi connectivity index (χ3n) is 6.51. The van der Waals surface area contributed by atoms with Gasteiger partial charge < -0.3 is 15.2 Å². The van der Waals surface area contributed by atoms with Gasteiger partial charge in [-0.15, -0.1) is 0 Å². The van der Waals surface area contributed by atoms with Crippen LogP contribution >= 0.6 is 0 Å². The Balaban J connectivity index is 1.27. The summed E-state index contributed by atoms with van der Waals surface area (Å²) in [5, 5.41) is 13.8.